The largest absolute Gasteiger partial charge is 0.173 e. The summed E-state index contributed by atoms with van der Waals surface area (Å²) in [5.41, 5.74) is 2.22. The van der Waals surface area contributed by atoms with Crippen LogP contribution in [0.15, 0.2) is 11.8 Å². The zero-order valence-electron chi connectivity index (χ0n) is 8.57. The Kier molecular flexibility index (Phi) is 6.87. The molecule has 0 rings (SSSR count). The molecule has 0 bridgehead atoms. The lowest BCUT2D eigenvalue weighted by Crippen LogP contribution is -2.11. The van der Waals surface area contributed by atoms with Crippen molar-refractivity contribution in [2.75, 3.05) is 0 Å². The number of unbranched alkanes of at least 4 members (excludes halogenated alkanes) is 4. The van der Waals surface area contributed by atoms with Gasteiger partial charge in [-0.15, -0.1) is 0 Å². The molecule has 2 heteroatoms. The molecule has 0 aliphatic rings. The van der Waals surface area contributed by atoms with E-state index in [2.05, 4.69) is 31.8 Å². The molecular formula is C10H21ClSi. The maximum absolute atomic E-state index is 6.13. The minimum atomic E-state index is -1.43. The van der Waals surface area contributed by atoms with Crippen LogP contribution in [0.4, 0.5) is 0 Å². The van der Waals surface area contributed by atoms with Crippen LogP contribution in [0, 0.1) is 0 Å². The highest BCUT2D eigenvalue weighted by Gasteiger charge is 2.10. The predicted molar refractivity (Wildman–Crippen MR) is 61.2 cm³/mol. The maximum atomic E-state index is 6.13. The minimum Gasteiger partial charge on any atom is -0.162 e. The molecule has 0 fully saturated rings. The Balaban J connectivity index is 3.25. The third-order valence-corrected chi connectivity index (χ3v) is 3.14. The Hall–Kier alpha value is 0.247. The van der Waals surface area contributed by atoms with Gasteiger partial charge >= 0.3 is 0 Å². The van der Waals surface area contributed by atoms with Crippen LogP contribution in [0.2, 0.25) is 13.1 Å². The van der Waals surface area contributed by atoms with Gasteiger partial charge in [-0.2, -0.15) is 11.1 Å². The fraction of sp³-hybridized carbons (Fsp3) is 0.800. The summed E-state index contributed by atoms with van der Waals surface area (Å²) in [6, 6.07) is 0. The SMILES string of the molecule is CCCCCC/C=C/[Si](C)(C)Cl. The van der Waals surface area contributed by atoms with Gasteiger partial charge in [0.25, 0.3) is 0 Å². The molecule has 0 saturated carbocycles. The summed E-state index contributed by atoms with van der Waals surface area (Å²) in [6.07, 6.45) is 8.85. The van der Waals surface area contributed by atoms with Crippen molar-refractivity contribution in [1.82, 2.24) is 0 Å². The van der Waals surface area contributed by atoms with Crippen molar-refractivity contribution in [2.45, 2.75) is 52.1 Å². The molecule has 0 N–H and O–H groups in total. The summed E-state index contributed by atoms with van der Waals surface area (Å²) >= 11 is 6.13. The zero-order valence-corrected chi connectivity index (χ0v) is 10.3. The first-order chi connectivity index (χ1) is 5.56. The summed E-state index contributed by atoms with van der Waals surface area (Å²) in [6.45, 7) is 6.54. The lowest BCUT2D eigenvalue weighted by atomic mass is 10.2. The highest BCUT2D eigenvalue weighted by atomic mass is 35.6. The van der Waals surface area contributed by atoms with E-state index in [9.17, 15) is 0 Å². The summed E-state index contributed by atoms with van der Waals surface area (Å²) in [7, 11) is -1.43. The average molecular weight is 205 g/mol. The van der Waals surface area contributed by atoms with Crippen molar-refractivity contribution in [2.24, 2.45) is 0 Å². The molecule has 0 amide bonds. The molecule has 0 saturated heterocycles. The summed E-state index contributed by atoms with van der Waals surface area (Å²) in [5, 5.41) is 0. The van der Waals surface area contributed by atoms with Crippen molar-refractivity contribution in [3.8, 4) is 0 Å². The van der Waals surface area contributed by atoms with E-state index in [1.165, 1.54) is 32.1 Å². The van der Waals surface area contributed by atoms with Crippen molar-refractivity contribution in [1.29, 1.82) is 0 Å². The van der Waals surface area contributed by atoms with E-state index in [4.69, 9.17) is 11.1 Å². The van der Waals surface area contributed by atoms with Gasteiger partial charge in [0.05, 0.1) is 0 Å². The van der Waals surface area contributed by atoms with Gasteiger partial charge in [-0.3, -0.25) is 0 Å². The van der Waals surface area contributed by atoms with Gasteiger partial charge in [0.1, 0.15) is 0 Å². The molecule has 0 radical (unpaired) electrons. The topological polar surface area (TPSA) is 0 Å². The Bertz CT molecular complexity index is 124. The van der Waals surface area contributed by atoms with Crippen molar-refractivity contribution in [3.63, 3.8) is 0 Å². The number of hydrogen-bond donors (Lipinski definition) is 0. The third-order valence-electron chi connectivity index (χ3n) is 1.74. The summed E-state index contributed by atoms with van der Waals surface area (Å²) < 4.78 is 0. The summed E-state index contributed by atoms with van der Waals surface area (Å²) in [4.78, 5) is 0. The van der Waals surface area contributed by atoms with Crippen molar-refractivity contribution >= 4 is 18.5 Å². The highest BCUT2D eigenvalue weighted by Crippen LogP contribution is 2.10. The Morgan fingerprint density at radius 2 is 1.83 bits per heavy atom. The van der Waals surface area contributed by atoms with Crippen molar-refractivity contribution in [3.05, 3.63) is 11.8 Å². The van der Waals surface area contributed by atoms with E-state index in [0.29, 0.717) is 0 Å². The maximum Gasteiger partial charge on any atom is 0.173 e. The molecule has 0 nitrogen and oxygen atoms in total. The van der Waals surface area contributed by atoms with Crippen LogP contribution in [0.3, 0.4) is 0 Å². The molecule has 0 heterocycles. The van der Waals surface area contributed by atoms with E-state index >= 15 is 0 Å². The third kappa shape index (κ3) is 10.2. The van der Waals surface area contributed by atoms with Crippen LogP contribution in [-0.4, -0.2) is 7.38 Å². The molecule has 0 aliphatic carbocycles. The van der Waals surface area contributed by atoms with Gasteiger partial charge < -0.3 is 0 Å². The molecule has 0 aromatic rings. The number of halogens is 1. The van der Waals surface area contributed by atoms with E-state index in [1.54, 1.807) is 0 Å². The molecule has 0 aromatic heterocycles. The molecule has 0 aliphatic heterocycles. The van der Waals surface area contributed by atoms with E-state index in [0.717, 1.165) is 0 Å². The van der Waals surface area contributed by atoms with Crippen molar-refractivity contribution < 1.29 is 0 Å². The average Bonchev–Trinajstić information content (AvgIpc) is 1.94. The number of allylic oxidation sites excluding steroid dienone is 1. The molecule has 0 aromatic carbocycles. The smallest absolute Gasteiger partial charge is 0.162 e. The fourth-order valence-corrected chi connectivity index (χ4v) is 2.05. The zero-order chi connectivity index (χ0) is 9.45. The molecule has 0 atom stereocenters. The lowest BCUT2D eigenvalue weighted by molar-refractivity contribution is 0.674. The Labute approximate surface area is 82.7 Å². The van der Waals surface area contributed by atoms with E-state index in [1.807, 2.05) is 0 Å². The molecule has 0 unspecified atom stereocenters. The molecular weight excluding hydrogens is 184 g/mol. The standard InChI is InChI=1S/C10H21ClSi/c1-4-5-6-7-8-9-10-12(2,3)11/h9-10H,4-8H2,1-3H3/b10-9+. The Morgan fingerprint density at radius 1 is 1.17 bits per heavy atom. The minimum absolute atomic E-state index is 1.21. The van der Waals surface area contributed by atoms with Crippen LogP contribution in [-0.2, 0) is 0 Å². The predicted octanol–water partition coefficient (Wildman–Crippen LogP) is 4.50. The molecule has 12 heavy (non-hydrogen) atoms. The number of rotatable bonds is 6. The number of hydrogen-bond acceptors (Lipinski definition) is 0. The van der Waals surface area contributed by atoms with Gasteiger partial charge in [0.15, 0.2) is 7.38 Å². The summed E-state index contributed by atoms with van der Waals surface area (Å²) in [5.74, 6) is 0. The normalized spacial score (nSPS) is 12.7. The first-order valence-electron chi connectivity index (χ1n) is 4.93. The van der Waals surface area contributed by atoms with Gasteiger partial charge in [-0.05, 0) is 12.8 Å². The second-order valence-electron chi connectivity index (χ2n) is 3.82. The monoisotopic (exact) mass is 204 g/mol. The van der Waals surface area contributed by atoms with Gasteiger partial charge in [0, 0.05) is 0 Å². The molecule has 72 valence electrons. The highest BCUT2D eigenvalue weighted by molar-refractivity contribution is 7.21. The van der Waals surface area contributed by atoms with Crippen LogP contribution in [0.25, 0.3) is 0 Å². The van der Waals surface area contributed by atoms with Crippen LogP contribution in [0.1, 0.15) is 39.0 Å². The van der Waals surface area contributed by atoms with Gasteiger partial charge in [-0.25, -0.2) is 0 Å². The van der Waals surface area contributed by atoms with Gasteiger partial charge in [0.2, 0.25) is 0 Å². The van der Waals surface area contributed by atoms with Crippen LogP contribution in [0.5, 0.6) is 0 Å². The second kappa shape index (κ2) is 6.73. The lowest BCUT2D eigenvalue weighted by Gasteiger charge is -2.04. The van der Waals surface area contributed by atoms with Crippen LogP contribution < -0.4 is 0 Å². The first kappa shape index (κ1) is 12.2. The quantitative estimate of drug-likeness (QED) is 0.340. The Morgan fingerprint density at radius 3 is 2.33 bits per heavy atom. The first-order valence-corrected chi connectivity index (χ1v) is 9.02. The second-order valence-corrected chi connectivity index (χ2v) is 10.2. The van der Waals surface area contributed by atoms with Gasteiger partial charge in [-0.1, -0.05) is 51.1 Å². The van der Waals surface area contributed by atoms with E-state index in [-0.39, 0.29) is 0 Å². The fourth-order valence-electron chi connectivity index (χ4n) is 1.05. The van der Waals surface area contributed by atoms with E-state index < -0.39 is 7.38 Å². The molecule has 0 spiro atoms. The van der Waals surface area contributed by atoms with Crippen LogP contribution >= 0.6 is 11.1 Å².